The summed E-state index contributed by atoms with van der Waals surface area (Å²) in [5, 5.41) is 23.3. The first-order valence-corrected chi connectivity index (χ1v) is 6.56. The molecular formula is C14H16N2O5. The Balaban J connectivity index is 1.99. The summed E-state index contributed by atoms with van der Waals surface area (Å²) in [7, 11) is 0. The second kappa shape index (κ2) is 6.25. The maximum Gasteiger partial charge on any atom is 0.326 e. The van der Waals surface area contributed by atoms with Gasteiger partial charge in [-0.15, -0.1) is 0 Å². The third kappa shape index (κ3) is 3.95. The summed E-state index contributed by atoms with van der Waals surface area (Å²) in [6.45, 7) is 0. The molecule has 1 aliphatic heterocycles. The number of rotatable bonds is 5. The van der Waals surface area contributed by atoms with E-state index >= 15 is 0 Å². The van der Waals surface area contributed by atoms with Gasteiger partial charge in [-0.25, -0.2) is 4.79 Å². The molecule has 112 valence electrons. The lowest BCUT2D eigenvalue weighted by Gasteiger charge is -2.17. The van der Waals surface area contributed by atoms with Crippen molar-refractivity contribution < 1.29 is 24.6 Å². The molecule has 1 saturated heterocycles. The van der Waals surface area contributed by atoms with Crippen LogP contribution in [-0.2, 0) is 20.8 Å². The lowest BCUT2D eigenvalue weighted by atomic mass is 10.1. The van der Waals surface area contributed by atoms with Gasteiger partial charge in [-0.1, -0.05) is 12.1 Å². The molecule has 21 heavy (non-hydrogen) atoms. The van der Waals surface area contributed by atoms with E-state index in [1.807, 2.05) is 0 Å². The topological polar surface area (TPSA) is 116 Å². The van der Waals surface area contributed by atoms with E-state index in [0.717, 1.165) is 0 Å². The number of carbonyl (C=O) groups excluding carboxylic acids is 2. The van der Waals surface area contributed by atoms with Crippen molar-refractivity contribution in [2.75, 3.05) is 0 Å². The highest BCUT2D eigenvalue weighted by Gasteiger charge is 2.30. The zero-order valence-corrected chi connectivity index (χ0v) is 11.2. The molecule has 0 aromatic heterocycles. The molecule has 0 saturated carbocycles. The molecule has 0 spiro atoms. The maximum absolute atomic E-state index is 11.9. The van der Waals surface area contributed by atoms with E-state index in [2.05, 4.69) is 10.6 Å². The highest BCUT2D eigenvalue weighted by Crippen LogP contribution is 2.12. The standard InChI is InChI=1S/C14H16N2O5/c17-9-3-1-8(2-4-9)7-11(14(20)21)16-13(19)10-5-6-12(18)15-10/h1-4,10-11,17H,5-7H2,(H,15,18)(H,16,19)(H,20,21)/t10-,11?/m0/s1. The molecule has 7 heteroatoms. The van der Waals surface area contributed by atoms with Crippen LogP contribution in [-0.4, -0.2) is 40.1 Å². The van der Waals surface area contributed by atoms with Gasteiger partial charge >= 0.3 is 5.97 Å². The van der Waals surface area contributed by atoms with Crippen LogP contribution in [0.15, 0.2) is 24.3 Å². The summed E-state index contributed by atoms with van der Waals surface area (Å²) in [6.07, 6.45) is 0.742. The molecule has 0 aliphatic carbocycles. The van der Waals surface area contributed by atoms with E-state index < -0.39 is 24.0 Å². The van der Waals surface area contributed by atoms with Gasteiger partial charge in [0, 0.05) is 12.8 Å². The second-order valence-corrected chi connectivity index (χ2v) is 4.93. The van der Waals surface area contributed by atoms with E-state index in [-0.39, 0.29) is 24.5 Å². The Hall–Kier alpha value is -2.57. The van der Waals surface area contributed by atoms with Crippen LogP contribution < -0.4 is 10.6 Å². The van der Waals surface area contributed by atoms with Crippen LogP contribution >= 0.6 is 0 Å². The fraction of sp³-hybridized carbons (Fsp3) is 0.357. The molecule has 4 N–H and O–H groups in total. The lowest BCUT2D eigenvalue weighted by Crippen LogP contribution is -2.49. The Morgan fingerprint density at radius 2 is 2.00 bits per heavy atom. The lowest BCUT2D eigenvalue weighted by molar-refractivity contribution is -0.142. The number of phenols is 1. The summed E-state index contributed by atoms with van der Waals surface area (Å²) in [4.78, 5) is 34.2. The molecule has 2 rings (SSSR count). The van der Waals surface area contributed by atoms with Gasteiger partial charge in [0.15, 0.2) is 0 Å². The Kier molecular flexibility index (Phi) is 4.42. The number of amides is 2. The zero-order valence-electron chi connectivity index (χ0n) is 11.2. The van der Waals surface area contributed by atoms with E-state index in [0.29, 0.717) is 12.0 Å². The normalized spacial score (nSPS) is 18.9. The quantitative estimate of drug-likeness (QED) is 0.599. The summed E-state index contributed by atoms with van der Waals surface area (Å²) < 4.78 is 0. The van der Waals surface area contributed by atoms with E-state index in [1.54, 1.807) is 12.1 Å². The number of hydrogen-bond acceptors (Lipinski definition) is 4. The van der Waals surface area contributed by atoms with Crippen LogP contribution in [0.3, 0.4) is 0 Å². The first kappa shape index (κ1) is 14.8. The van der Waals surface area contributed by atoms with E-state index in [9.17, 15) is 24.6 Å². The van der Waals surface area contributed by atoms with Crippen molar-refractivity contribution in [1.29, 1.82) is 0 Å². The van der Waals surface area contributed by atoms with Crippen molar-refractivity contribution in [3.05, 3.63) is 29.8 Å². The molecule has 0 bridgehead atoms. The average molecular weight is 292 g/mol. The average Bonchev–Trinajstić information content (AvgIpc) is 2.87. The molecule has 1 aromatic carbocycles. The number of carboxylic acids is 1. The highest BCUT2D eigenvalue weighted by molar-refractivity contribution is 5.92. The summed E-state index contributed by atoms with van der Waals surface area (Å²) in [5.41, 5.74) is 0.677. The minimum atomic E-state index is -1.15. The van der Waals surface area contributed by atoms with E-state index in [1.165, 1.54) is 12.1 Å². The Bertz CT molecular complexity index is 555. The van der Waals surface area contributed by atoms with Crippen LogP contribution in [0.2, 0.25) is 0 Å². The van der Waals surface area contributed by atoms with Gasteiger partial charge in [0.05, 0.1) is 0 Å². The van der Waals surface area contributed by atoms with Crippen LogP contribution in [0.4, 0.5) is 0 Å². The van der Waals surface area contributed by atoms with Gasteiger partial charge in [0.1, 0.15) is 17.8 Å². The molecule has 1 fully saturated rings. The molecule has 7 nitrogen and oxygen atoms in total. The first-order chi connectivity index (χ1) is 9.95. The predicted octanol–water partition coefficient (Wildman–Crippen LogP) is -0.217. The van der Waals surface area contributed by atoms with Gasteiger partial charge < -0.3 is 20.8 Å². The number of hydrogen-bond donors (Lipinski definition) is 4. The van der Waals surface area contributed by atoms with Gasteiger partial charge in [0.2, 0.25) is 11.8 Å². The third-order valence-electron chi connectivity index (χ3n) is 3.30. The molecule has 2 atom stereocenters. The molecule has 1 aromatic rings. The van der Waals surface area contributed by atoms with Crippen LogP contribution in [0.5, 0.6) is 5.75 Å². The smallest absolute Gasteiger partial charge is 0.326 e. The summed E-state index contributed by atoms with van der Waals surface area (Å²) in [5.74, 6) is -1.77. The van der Waals surface area contributed by atoms with Crippen LogP contribution in [0.25, 0.3) is 0 Å². The van der Waals surface area contributed by atoms with Crippen molar-refractivity contribution in [2.45, 2.75) is 31.3 Å². The zero-order chi connectivity index (χ0) is 15.4. The fourth-order valence-electron chi connectivity index (χ4n) is 2.15. The number of phenolic OH excluding ortho intramolecular Hbond substituents is 1. The van der Waals surface area contributed by atoms with Crippen molar-refractivity contribution in [2.24, 2.45) is 0 Å². The highest BCUT2D eigenvalue weighted by atomic mass is 16.4. The molecule has 0 radical (unpaired) electrons. The van der Waals surface area contributed by atoms with Gasteiger partial charge in [0.25, 0.3) is 0 Å². The van der Waals surface area contributed by atoms with Gasteiger partial charge in [-0.2, -0.15) is 0 Å². The maximum atomic E-state index is 11.9. The second-order valence-electron chi connectivity index (χ2n) is 4.93. The van der Waals surface area contributed by atoms with E-state index in [4.69, 9.17) is 0 Å². The van der Waals surface area contributed by atoms with Gasteiger partial charge in [-0.05, 0) is 24.1 Å². The summed E-state index contributed by atoms with van der Waals surface area (Å²) >= 11 is 0. The molecule has 2 amide bonds. The molecule has 1 unspecified atom stereocenters. The Morgan fingerprint density at radius 1 is 1.33 bits per heavy atom. The fourth-order valence-corrected chi connectivity index (χ4v) is 2.15. The van der Waals surface area contributed by atoms with Crippen LogP contribution in [0.1, 0.15) is 18.4 Å². The van der Waals surface area contributed by atoms with Crippen molar-refractivity contribution >= 4 is 17.8 Å². The van der Waals surface area contributed by atoms with Crippen molar-refractivity contribution in [3.63, 3.8) is 0 Å². The molecular weight excluding hydrogens is 276 g/mol. The molecule has 1 aliphatic rings. The Labute approximate surface area is 121 Å². The van der Waals surface area contributed by atoms with Gasteiger partial charge in [-0.3, -0.25) is 9.59 Å². The number of nitrogens with one attached hydrogen (secondary N) is 2. The van der Waals surface area contributed by atoms with Crippen molar-refractivity contribution in [3.8, 4) is 5.75 Å². The minimum Gasteiger partial charge on any atom is -0.508 e. The largest absolute Gasteiger partial charge is 0.508 e. The first-order valence-electron chi connectivity index (χ1n) is 6.56. The van der Waals surface area contributed by atoms with Crippen molar-refractivity contribution in [1.82, 2.24) is 10.6 Å². The Morgan fingerprint density at radius 3 is 2.52 bits per heavy atom. The monoisotopic (exact) mass is 292 g/mol. The number of carboxylic acid groups (broad SMARTS) is 1. The van der Waals surface area contributed by atoms with Crippen LogP contribution in [0, 0.1) is 0 Å². The predicted molar refractivity (Wildman–Crippen MR) is 72.5 cm³/mol. The summed E-state index contributed by atoms with van der Waals surface area (Å²) in [6, 6.07) is 4.34. The minimum absolute atomic E-state index is 0.0864. The molecule has 1 heterocycles. The number of benzene rings is 1. The third-order valence-corrected chi connectivity index (χ3v) is 3.30. The SMILES string of the molecule is O=C1CC[C@@H](C(=O)NC(Cc2ccc(O)cc2)C(=O)O)N1. The number of aliphatic carboxylic acids is 1. The number of aromatic hydroxyl groups is 1. The number of carbonyl (C=O) groups is 3.